The van der Waals surface area contributed by atoms with Crippen LogP contribution in [0, 0.1) is 16.7 Å². The first-order valence-electron chi connectivity index (χ1n) is 6.13. The first-order valence-corrected chi connectivity index (χ1v) is 6.13. The van der Waals surface area contributed by atoms with Crippen molar-refractivity contribution in [3.8, 4) is 6.07 Å². The molecule has 1 aromatic rings. The van der Waals surface area contributed by atoms with Gasteiger partial charge >= 0.3 is 5.69 Å². The smallest absolute Gasteiger partial charge is 0.300 e. The van der Waals surface area contributed by atoms with E-state index in [9.17, 15) is 9.59 Å². The molecule has 0 aliphatic carbocycles. The molecule has 0 aliphatic rings. The average Bonchev–Trinajstić information content (AvgIpc) is 2.33. The molecule has 0 radical (unpaired) electrons. The van der Waals surface area contributed by atoms with Crippen LogP contribution in [0.4, 0.5) is 0 Å². The summed E-state index contributed by atoms with van der Waals surface area (Å²) in [6.07, 6.45) is 2.84. The summed E-state index contributed by atoms with van der Waals surface area (Å²) in [5.74, 6) is 0. The molecule has 0 N–H and O–H groups in total. The summed E-state index contributed by atoms with van der Waals surface area (Å²) < 4.78 is 2.73. The molecule has 1 heterocycles. The Morgan fingerprint density at radius 3 is 2.56 bits per heavy atom. The Balaban J connectivity index is 3.03. The van der Waals surface area contributed by atoms with Crippen molar-refractivity contribution in [1.82, 2.24) is 9.13 Å². The molecule has 1 rings (SSSR count). The van der Waals surface area contributed by atoms with Gasteiger partial charge in [-0.1, -0.05) is 6.92 Å². The van der Waals surface area contributed by atoms with Crippen LogP contribution in [0.1, 0.15) is 33.6 Å². The lowest BCUT2D eigenvalue weighted by atomic mass is 9.91. The summed E-state index contributed by atoms with van der Waals surface area (Å²) in [7, 11) is 0. The highest BCUT2D eigenvalue weighted by Crippen LogP contribution is 2.18. The fourth-order valence-corrected chi connectivity index (χ4v) is 1.62. The molecule has 18 heavy (non-hydrogen) atoms. The minimum atomic E-state index is -0.530. The van der Waals surface area contributed by atoms with Crippen LogP contribution in [0.2, 0.25) is 0 Å². The Morgan fingerprint density at radius 1 is 1.33 bits per heavy atom. The maximum atomic E-state index is 12.0. The van der Waals surface area contributed by atoms with Gasteiger partial charge in [-0.05, 0) is 26.7 Å². The minimum Gasteiger partial charge on any atom is -0.300 e. The lowest BCUT2D eigenvalue weighted by Crippen LogP contribution is -2.39. The summed E-state index contributed by atoms with van der Waals surface area (Å²) in [6, 6.07) is 3.57. The number of aromatic nitrogens is 2. The zero-order valence-electron chi connectivity index (χ0n) is 11.1. The topological polar surface area (TPSA) is 67.8 Å². The van der Waals surface area contributed by atoms with Crippen molar-refractivity contribution < 1.29 is 0 Å². The van der Waals surface area contributed by atoms with Crippen LogP contribution in [-0.4, -0.2) is 9.13 Å². The lowest BCUT2D eigenvalue weighted by Gasteiger charge is -2.15. The zero-order chi connectivity index (χ0) is 13.8. The monoisotopic (exact) mass is 249 g/mol. The Morgan fingerprint density at radius 2 is 2.00 bits per heavy atom. The predicted molar refractivity (Wildman–Crippen MR) is 69.3 cm³/mol. The summed E-state index contributed by atoms with van der Waals surface area (Å²) in [5.41, 5.74) is -1.13. The summed E-state index contributed by atoms with van der Waals surface area (Å²) >= 11 is 0. The number of nitrogens with zero attached hydrogens (tertiary/aromatic N) is 3. The van der Waals surface area contributed by atoms with Gasteiger partial charge in [-0.2, -0.15) is 5.26 Å². The largest absolute Gasteiger partial charge is 0.330 e. The van der Waals surface area contributed by atoms with Gasteiger partial charge in [0, 0.05) is 25.4 Å². The third-order valence-electron chi connectivity index (χ3n) is 2.87. The molecule has 0 fully saturated rings. The Bertz CT molecular complexity index is 561. The number of hydrogen-bond acceptors (Lipinski definition) is 3. The molecular weight excluding hydrogens is 230 g/mol. The Labute approximate surface area is 106 Å². The molecule has 0 saturated carbocycles. The first-order chi connectivity index (χ1) is 8.41. The van der Waals surface area contributed by atoms with Gasteiger partial charge in [0.1, 0.15) is 0 Å². The second-order valence-corrected chi connectivity index (χ2v) is 5.03. The predicted octanol–water partition coefficient (Wildman–Crippen LogP) is 1.36. The molecule has 0 amide bonds. The van der Waals surface area contributed by atoms with Crippen molar-refractivity contribution in [3.63, 3.8) is 0 Å². The molecule has 0 spiro atoms. The van der Waals surface area contributed by atoms with E-state index in [0.29, 0.717) is 13.0 Å². The SMILES string of the molecule is CCCn1ccc(=O)n(CCC(C)(C)C#N)c1=O. The number of hydrogen-bond donors (Lipinski definition) is 0. The van der Waals surface area contributed by atoms with Crippen molar-refractivity contribution >= 4 is 0 Å². The van der Waals surface area contributed by atoms with Gasteiger partial charge in [-0.3, -0.25) is 9.36 Å². The van der Waals surface area contributed by atoms with E-state index < -0.39 is 5.41 Å². The van der Waals surface area contributed by atoms with E-state index in [1.807, 2.05) is 6.92 Å². The fraction of sp³-hybridized carbons (Fsp3) is 0.615. The molecule has 0 aliphatic heterocycles. The lowest BCUT2D eigenvalue weighted by molar-refractivity contribution is 0.396. The van der Waals surface area contributed by atoms with Crippen LogP contribution in [0.25, 0.3) is 0 Å². The van der Waals surface area contributed by atoms with Crippen LogP contribution in [0.3, 0.4) is 0 Å². The maximum absolute atomic E-state index is 12.0. The van der Waals surface area contributed by atoms with Gasteiger partial charge in [-0.15, -0.1) is 0 Å². The normalized spacial score (nSPS) is 11.2. The quantitative estimate of drug-likeness (QED) is 0.791. The van der Waals surface area contributed by atoms with Crippen molar-refractivity contribution in [2.75, 3.05) is 0 Å². The third-order valence-corrected chi connectivity index (χ3v) is 2.87. The number of nitriles is 1. The van der Waals surface area contributed by atoms with E-state index in [-0.39, 0.29) is 17.8 Å². The number of aryl methyl sites for hydroxylation is 1. The Kier molecular flexibility index (Phi) is 4.49. The Hall–Kier alpha value is -1.83. The second kappa shape index (κ2) is 5.67. The van der Waals surface area contributed by atoms with Crippen LogP contribution >= 0.6 is 0 Å². The highest BCUT2D eigenvalue weighted by atomic mass is 16.2. The van der Waals surface area contributed by atoms with Crippen molar-refractivity contribution in [3.05, 3.63) is 33.1 Å². The summed E-state index contributed by atoms with van der Waals surface area (Å²) in [6.45, 7) is 6.45. The van der Waals surface area contributed by atoms with Gasteiger partial charge in [0.05, 0.1) is 11.5 Å². The molecule has 0 unspecified atom stereocenters. The molecular formula is C13H19N3O2. The zero-order valence-corrected chi connectivity index (χ0v) is 11.1. The maximum Gasteiger partial charge on any atom is 0.330 e. The standard InChI is InChI=1S/C13H19N3O2/c1-4-7-15-8-5-11(17)16(12(15)18)9-6-13(2,3)10-14/h5,8H,4,6-7,9H2,1-3H3. The molecule has 0 saturated heterocycles. The minimum absolute atomic E-state index is 0.281. The van der Waals surface area contributed by atoms with Crippen LogP contribution in [-0.2, 0) is 13.1 Å². The third kappa shape index (κ3) is 3.33. The van der Waals surface area contributed by atoms with Crippen LogP contribution in [0.5, 0.6) is 0 Å². The molecule has 0 bridgehead atoms. The van der Waals surface area contributed by atoms with Crippen molar-refractivity contribution in [2.45, 2.75) is 46.7 Å². The fourth-order valence-electron chi connectivity index (χ4n) is 1.62. The van der Waals surface area contributed by atoms with E-state index in [1.54, 1.807) is 13.8 Å². The van der Waals surface area contributed by atoms with Gasteiger partial charge in [0.2, 0.25) is 0 Å². The second-order valence-electron chi connectivity index (χ2n) is 5.03. The van der Waals surface area contributed by atoms with Gasteiger partial charge in [0.15, 0.2) is 0 Å². The van der Waals surface area contributed by atoms with Crippen LogP contribution < -0.4 is 11.2 Å². The van der Waals surface area contributed by atoms with Crippen LogP contribution in [0.15, 0.2) is 21.9 Å². The van der Waals surface area contributed by atoms with Gasteiger partial charge in [-0.25, -0.2) is 4.79 Å². The first kappa shape index (κ1) is 14.2. The van der Waals surface area contributed by atoms with Gasteiger partial charge in [0.25, 0.3) is 5.56 Å². The van der Waals surface area contributed by atoms with E-state index in [2.05, 4.69) is 6.07 Å². The van der Waals surface area contributed by atoms with Crippen molar-refractivity contribution in [1.29, 1.82) is 5.26 Å². The van der Waals surface area contributed by atoms with E-state index in [1.165, 1.54) is 21.4 Å². The molecule has 0 atom stereocenters. The molecule has 5 nitrogen and oxygen atoms in total. The molecule has 98 valence electrons. The highest BCUT2D eigenvalue weighted by Gasteiger charge is 2.17. The molecule has 5 heteroatoms. The molecule has 0 aromatic carbocycles. The van der Waals surface area contributed by atoms with E-state index >= 15 is 0 Å². The summed E-state index contributed by atoms with van der Waals surface area (Å²) in [5, 5.41) is 8.93. The van der Waals surface area contributed by atoms with E-state index in [4.69, 9.17) is 5.26 Å². The summed E-state index contributed by atoms with van der Waals surface area (Å²) in [4.78, 5) is 23.7. The highest BCUT2D eigenvalue weighted by molar-refractivity contribution is 4.93. The number of rotatable bonds is 5. The van der Waals surface area contributed by atoms with Crippen molar-refractivity contribution in [2.24, 2.45) is 5.41 Å². The molecule has 1 aromatic heterocycles. The van der Waals surface area contributed by atoms with Gasteiger partial charge < -0.3 is 4.57 Å². The average molecular weight is 249 g/mol. The van der Waals surface area contributed by atoms with E-state index in [0.717, 1.165) is 6.42 Å².